The molecule has 0 atom stereocenters. The summed E-state index contributed by atoms with van der Waals surface area (Å²) in [5.74, 6) is 0.350. The predicted octanol–water partition coefficient (Wildman–Crippen LogP) is 5.22. The number of anilines is 2. The Hall–Kier alpha value is -4.54. The van der Waals surface area contributed by atoms with Crippen molar-refractivity contribution in [3.63, 3.8) is 0 Å². The highest BCUT2D eigenvalue weighted by Gasteiger charge is 2.42. The van der Waals surface area contributed by atoms with Crippen LogP contribution < -0.4 is 15.5 Å². The van der Waals surface area contributed by atoms with Gasteiger partial charge in [-0.1, -0.05) is 65.8 Å². The van der Waals surface area contributed by atoms with Gasteiger partial charge in [0.2, 0.25) is 0 Å². The molecule has 0 unspecified atom stereocenters. The summed E-state index contributed by atoms with van der Waals surface area (Å²) in [7, 11) is 3.91. The van der Waals surface area contributed by atoms with Gasteiger partial charge in [0.05, 0.1) is 16.0 Å². The highest BCUT2D eigenvalue weighted by molar-refractivity contribution is 6.00. The maximum Gasteiger partial charge on any atom is 0.271 e. The van der Waals surface area contributed by atoms with Gasteiger partial charge in [-0.15, -0.1) is 0 Å². The van der Waals surface area contributed by atoms with Crippen molar-refractivity contribution in [1.29, 1.82) is 0 Å². The Balaban J connectivity index is 1.37. The van der Waals surface area contributed by atoms with Crippen molar-refractivity contribution < 1.29 is 19.2 Å². The van der Waals surface area contributed by atoms with Crippen LogP contribution in [0.1, 0.15) is 45.8 Å². The van der Waals surface area contributed by atoms with E-state index in [1.807, 2.05) is 92.6 Å². The number of carbonyl (C=O) groups is 1. The molecule has 0 saturated carbocycles. The highest BCUT2D eigenvalue weighted by Crippen LogP contribution is 2.43. The minimum atomic E-state index is -1.14. The zero-order valence-electron chi connectivity index (χ0n) is 26.5. The number of benzene rings is 3. The van der Waals surface area contributed by atoms with Crippen LogP contribution in [0.15, 0.2) is 83.4 Å². The molecule has 5 rings (SSSR count). The second-order valence-corrected chi connectivity index (χ2v) is 11.9. The van der Waals surface area contributed by atoms with Crippen molar-refractivity contribution in [3.8, 4) is 0 Å². The summed E-state index contributed by atoms with van der Waals surface area (Å²) in [6, 6.07) is 25.0. The number of aliphatic hydroxyl groups is 1. The van der Waals surface area contributed by atoms with E-state index in [0.29, 0.717) is 54.6 Å². The smallest absolute Gasteiger partial charge is 0.271 e. The number of nitrogens with one attached hydrogen (secondary N) is 2. The van der Waals surface area contributed by atoms with Crippen LogP contribution in [0.25, 0.3) is 0 Å². The van der Waals surface area contributed by atoms with E-state index in [-0.39, 0.29) is 18.5 Å². The van der Waals surface area contributed by atoms with Crippen molar-refractivity contribution in [1.82, 2.24) is 15.4 Å². The van der Waals surface area contributed by atoms with Crippen LogP contribution in [-0.4, -0.2) is 72.8 Å². The fourth-order valence-corrected chi connectivity index (χ4v) is 6.16. The van der Waals surface area contributed by atoms with E-state index in [2.05, 4.69) is 20.7 Å². The van der Waals surface area contributed by atoms with E-state index in [1.54, 1.807) is 19.1 Å². The van der Waals surface area contributed by atoms with E-state index in [4.69, 9.17) is 4.52 Å². The molecule has 2 heterocycles. The number of carbonyl (C=O) groups excluding carboxylic acids is 1. The Labute approximate surface area is 264 Å². The number of hydrogen-bond acceptors (Lipinski definition) is 8. The molecule has 10 nitrogen and oxygen atoms in total. The van der Waals surface area contributed by atoms with Gasteiger partial charge in [0.1, 0.15) is 17.0 Å². The maximum absolute atomic E-state index is 13.5. The number of amides is 1. The van der Waals surface area contributed by atoms with Gasteiger partial charge in [0.25, 0.3) is 18.3 Å². The average Bonchev–Trinajstić information content (AvgIpc) is 3.39. The Morgan fingerprint density at radius 1 is 1.02 bits per heavy atom. The van der Waals surface area contributed by atoms with Crippen LogP contribution in [0.3, 0.4) is 0 Å². The lowest BCUT2D eigenvalue weighted by atomic mass is 9.72. The van der Waals surface area contributed by atoms with Crippen LogP contribution in [0.2, 0.25) is 0 Å². The van der Waals surface area contributed by atoms with E-state index < -0.39 is 5.60 Å². The third kappa shape index (κ3) is 7.08. The summed E-state index contributed by atoms with van der Waals surface area (Å²) in [4.78, 5) is 30.9. The molecule has 0 aliphatic carbocycles. The molecule has 1 aromatic heterocycles. The van der Waals surface area contributed by atoms with Gasteiger partial charge in [-0.05, 0) is 63.9 Å². The lowest BCUT2D eigenvalue weighted by molar-refractivity contribution is -0.456. The van der Waals surface area contributed by atoms with Crippen LogP contribution in [-0.2, 0) is 5.60 Å². The molecule has 1 saturated heterocycles. The van der Waals surface area contributed by atoms with Crippen molar-refractivity contribution >= 4 is 23.0 Å². The first-order valence-electron chi connectivity index (χ1n) is 15.4. The molecular weight excluding hydrogens is 568 g/mol. The van der Waals surface area contributed by atoms with Crippen LogP contribution in [0, 0.1) is 24.7 Å². The summed E-state index contributed by atoms with van der Waals surface area (Å²) >= 11 is 0. The first-order chi connectivity index (χ1) is 21.7. The normalized spacial score (nSPS) is 14.0. The lowest BCUT2D eigenvalue weighted by Crippen LogP contribution is -2.45. The third-order valence-corrected chi connectivity index (χ3v) is 8.64. The van der Waals surface area contributed by atoms with Gasteiger partial charge >= 0.3 is 0 Å². The summed E-state index contributed by atoms with van der Waals surface area (Å²) < 4.78 is 6.01. The second kappa shape index (κ2) is 14.0. The minimum Gasteiger partial charge on any atom is -0.380 e. The monoisotopic (exact) mass is 611 g/mol. The quantitative estimate of drug-likeness (QED) is 0.148. The molecule has 236 valence electrons. The number of nitroso groups, excluding NO2 is 1. The molecular formula is C35H43N6O4+. The summed E-state index contributed by atoms with van der Waals surface area (Å²) in [5, 5.41) is 22.4. The molecule has 1 fully saturated rings. The molecule has 4 aromatic rings. The molecule has 3 aromatic carbocycles. The third-order valence-electron chi connectivity index (χ3n) is 8.64. The van der Waals surface area contributed by atoms with E-state index in [1.165, 1.54) is 0 Å². The molecule has 1 amide bonds. The standard InChI is InChI=1S/C35H42N6O4/c1-25-33(26(2)45-38-25)37-24-41(44)30-15-16-32(31(23-30)34(42)36-19-22-39(3)4)40-20-17-29(18-21-40)35(43,27-11-7-5-8-12-27)28-13-9-6-10-14-28/h5-16,23,29,37,43H,17-22,24H2,1-4H3/p+1. The predicted molar refractivity (Wildman–Crippen MR) is 176 cm³/mol. The lowest BCUT2D eigenvalue weighted by Gasteiger charge is -2.43. The highest BCUT2D eigenvalue weighted by atomic mass is 16.5. The zero-order chi connectivity index (χ0) is 32.0. The van der Waals surface area contributed by atoms with Gasteiger partial charge in [-0.2, -0.15) is 0 Å². The number of nitrogens with zero attached hydrogens (tertiary/aromatic N) is 4. The topological polar surface area (TPSA) is 114 Å². The second-order valence-electron chi connectivity index (χ2n) is 11.9. The number of aromatic nitrogens is 1. The first-order valence-corrected chi connectivity index (χ1v) is 15.4. The van der Waals surface area contributed by atoms with Crippen LogP contribution >= 0.6 is 0 Å². The Morgan fingerprint density at radius 2 is 1.64 bits per heavy atom. The Morgan fingerprint density at radius 3 is 2.20 bits per heavy atom. The van der Waals surface area contributed by atoms with Crippen LogP contribution in [0.4, 0.5) is 17.1 Å². The number of likely N-dealkylation sites (N-methyl/N-ethyl adjacent to an activating group) is 1. The molecule has 45 heavy (non-hydrogen) atoms. The van der Waals surface area contributed by atoms with E-state index in [0.717, 1.165) is 34.4 Å². The van der Waals surface area contributed by atoms with Gasteiger partial charge in [0.15, 0.2) is 5.76 Å². The van der Waals surface area contributed by atoms with Crippen molar-refractivity contribution in [3.05, 3.63) is 112 Å². The fraction of sp³-hybridized carbons (Fsp3) is 0.371. The Kier molecular flexibility index (Phi) is 9.95. The molecule has 10 heteroatoms. The summed E-state index contributed by atoms with van der Waals surface area (Å²) in [6.45, 7) is 6.03. The molecule has 1 aliphatic heterocycles. The summed E-state index contributed by atoms with van der Waals surface area (Å²) in [5.41, 5.74) is 3.56. The van der Waals surface area contributed by atoms with E-state index in [9.17, 15) is 14.8 Å². The van der Waals surface area contributed by atoms with Gasteiger partial charge in [-0.3, -0.25) is 4.79 Å². The number of piperidine rings is 1. The molecule has 1 aliphatic rings. The fourth-order valence-electron chi connectivity index (χ4n) is 6.16. The van der Waals surface area contributed by atoms with Crippen molar-refractivity contribution in [2.45, 2.75) is 32.3 Å². The SMILES string of the molecule is Cc1noc(C)c1NC[N+](=O)c1ccc(N2CCC(C(O)(c3ccccc3)c3ccccc3)CC2)c(C(=O)NCCN(C)C)c1. The number of rotatable bonds is 12. The van der Waals surface area contributed by atoms with Crippen molar-refractivity contribution in [2.24, 2.45) is 5.92 Å². The summed E-state index contributed by atoms with van der Waals surface area (Å²) in [6.07, 6.45) is 1.44. The number of hydrogen-bond donors (Lipinski definition) is 3. The molecule has 3 N–H and O–H groups in total. The molecule has 0 bridgehead atoms. The van der Waals surface area contributed by atoms with Gasteiger partial charge in [0, 0.05) is 43.2 Å². The molecule has 0 spiro atoms. The largest absolute Gasteiger partial charge is 0.380 e. The average molecular weight is 612 g/mol. The minimum absolute atomic E-state index is 0.0253. The Bertz CT molecular complexity index is 1540. The van der Waals surface area contributed by atoms with Crippen molar-refractivity contribution in [2.75, 3.05) is 57.2 Å². The molecule has 0 radical (unpaired) electrons. The maximum atomic E-state index is 13.5. The van der Waals surface area contributed by atoms with Crippen LogP contribution in [0.5, 0.6) is 0 Å². The van der Waals surface area contributed by atoms with Gasteiger partial charge in [-0.25, -0.2) is 0 Å². The first kappa shape index (κ1) is 31.9. The number of aryl methyl sites for hydroxylation is 2. The van der Waals surface area contributed by atoms with Gasteiger partial charge < -0.3 is 30.1 Å². The zero-order valence-corrected chi connectivity index (χ0v) is 26.5. The van der Waals surface area contributed by atoms with E-state index >= 15 is 0 Å².